The number of amides is 1. The monoisotopic (exact) mass is 244 g/mol. The van der Waals surface area contributed by atoms with Gasteiger partial charge in [-0.2, -0.15) is 0 Å². The molecule has 0 saturated carbocycles. The first-order chi connectivity index (χ1) is 7.54. The van der Waals surface area contributed by atoms with Crippen molar-refractivity contribution in [3.05, 3.63) is 34.6 Å². The molecule has 0 fully saturated rings. The molecule has 3 nitrogen and oxygen atoms in total. The van der Waals surface area contributed by atoms with Gasteiger partial charge >= 0.3 is 0 Å². The number of hydrogen-bond acceptors (Lipinski definition) is 2. The maximum atomic E-state index is 12.9. The Labute approximate surface area is 98.8 Å². The first kappa shape index (κ1) is 12.9. The van der Waals surface area contributed by atoms with Gasteiger partial charge in [0, 0.05) is 13.0 Å². The quantitative estimate of drug-likeness (QED) is 0.851. The number of carbonyl (C=O) groups is 1. The first-order valence-electron chi connectivity index (χ1n) is 4.99. The van der Waals surface area contributed by atoms with E-state index in [1.807, 2.05) is 0 Å². The number of carbonyl (C=O) groups excluding carboxylic acids is 1. The molecule has 0 heterocycles. The molecule has 0 aromatic heterocycles. The van der Waals surface area contributed by atoms with Crippen LogP contribution >= 0.6 is 11.6 Å². The molecular weight excluding hydrogens is 231 g/mol. The molecule has 1 unspecified atom stereocenters. The van der Waals surface area contributed by atoms with Crippen molar-refractivity contribution in [1.29, 1.82) is 0 Å². The second-order valence-corrected chi connectivity index (χ2v) is 3.91. The third kappa shape index (κ3) is 3.47. The number of benzene rings is 1. The van der Waals surface area contributed by atoms with Crippen molar-refractivity contribution < 1.29 is 9.18 Å². The summed E-state index contributed by atoms with van der Waals surface area (Å²) in [6.45, 7) is 2.11. The molecule has 1 aromatic carbocycles. The van der Waals surface area contributed by atoms with Gasteiger partial charge in [0.2, 0.25) is 5.91 Å². The van der Waals surface area contributed by atoms with Gasteiger partial charge in [0.15, 0.2) is 0 Å². The highest BCUT2D eigenvalue weighted by molar-refractivity contribution is 6.30. The number of nitrogens with two attached hydrogens (primary N) is 1. The van der Waals surface area contributed by atoms with E-state index >= 15 is 0 Å². The number of hydrogen-bond donors (Lipinski definition) is 2. The van der Waals surface area contributed by atoms with Crippen molar-refractivity contribution in [2.75, 3.05) is 6.54 Å². The van der Waals surface area contributed by atoms with E-state index in [9.17, 15) is 9.18 Å². The normalized spacial score (nSPS) is 12.2. The van der Waals surface area contributed by atoms with Gasteiger partial charge in [-0.05, 0) is 24.6 Å². The van der Waals surface area contributed by atoms with Crippen LogP contribution in [0.5, 0.6) is 0 Å². The fraction of sp³-hybridized carbons (Fsp3) is 0.364. The molecule has 16 heavy (non-hydrogen) atoms. The largest absolute Gasteiger partial charge is 0.350 e. The summed E-state index contributed by atoms with van der Waals surface area (Å²) in [6.07, 6.45) is 0.277. The van der Waals surface area contributed by atoms with Crippen molar-refractivity contribution in [3.8, 4) is 0 Å². The zero-order valence-corrected chi connectivity index (χ0v) is 9.72. The number of halogens is 2. The lowest BCUT2D eigenvalue weighted by Gasteiger charge is -2.14. The summed E-state index contributed by atoms with van der Waals surface area (Å²) in [5.74, 6) is -0.596. The van der Waals surface area contributed by atoms with E-state index in [2.05, 4.69) is 5.32 Å². The van der Waals surface area contributed by atoms with Gasteiger partial charge in [0.1, 0.15) is 5.82 Å². The highest BCUT2D eigenvalue weighted by Gasteiger charge is 2.10. The zero-order valence-electron chi connectivity index (χ0n) is 8.97. The standard InChI is InChI=1S/C11H14ClFN2O/c1-7(15-11(16)4-5-14)8-2-3-10(13)9(12)6-8/h2-3,6-7H,4-5,14H2,1H3,(H,15,16). The van der Waals surface area contributed by atoms with Crippen LogP contribution in [-0.2, 0) is 4.79 Å². The van der Waals surface area contributed by atoms with E-state index in [1.54, 1.807) is 13.0 Å². The van der Waals surface area contributed by atoms with Gasteiger partial charge in [-0.1, -0.05) is 17.7 Å². The zero-order chi connectivity index (χ0) is 12.1. The average molecular weight is 245 g/mol. The van der Waals surface area contributed by atoms with Crippen LogP contribution in [0, 0.1) is 5.82 Å². The van der Waals surface area contributed by atoms with Crippen molar-refractivity contribution in [1.82, 2.24) is 5.32 Å². The van der Waals surface area contributed by atoms with Crippen LogP contribution in [0.15, 0.2) is 18.2 Å². The van der Waals surface area contributed by atoms with Gasteiger partial charge < -0.3 is 11.1 Å². The molecule has 1 rings (SSSR count). The second kappa shape index (κ2) is 5.82. The maximum Gasteiger partial charge on any atom is 0.221 e. The van der Waals surface area contributed by atoms with Crippen LogP contribution in [0.25, 0.3) is 0 Å². The van der Waals surface area contributed by atoms with E-state index in [0.717, 1.165) is 5.56 Å². The fourth-order valence-electron chi connectivity index (χ4n) is 1.31. The first-order valence-corrected chi connectivity index (χ1v) is 5.36. The fourth-order valence-corrected chi connectivity index (χ4v) is 1.50. The molecule has 88 valence electrons. The Morgan fingerprint density at radius 3 is 2.88 bits per heavy atom. The molecule has 0 aliphatic carbocycles. The molecule has 0 bridgehead atoms. The molecule has 0 aliphatic heterocycles. The van der Waals surface area contributed by atoms with Crippen molar-refractivity contribution >= 4 is 17.5 Å². The molecule has 5 heteroatoms. The highest BCUT2D eigenvalue weighted by atomic mass is 35.5. The van der Waals surface area contributed by atoms with Crippen LogP contribution in [0.4, 0.5) is 4.39 Å². The molecule has 0 radical (unpaired) electrons. The Kier molecular flexibility index (Phi) is 4.71. The van der Waals surface area contributed by atoms with Crippen LogP contribution < -0.4 is 11.1 Å². The van der Waals surface area contributed by atoms with E-state index in [0.29, 0.717) is 6.54 Å². The van der Waals surface area contributed by atoms with Gasteiger partial charge in [0.25, 0.3) is 0 Å². The lowest BCUT2D eigenvalue weighted by molar-refractivity contribution is -0.121. The number of rotatable bonds is 4. The van der Waals surface area contributed by atoms with E-state index in [1.165, 1.54) is 12.1 Å². The van der Waals surface area contributed by atoms with Crippen molar-refractivity contribution in [2.24, 2.45) is 5.73 Å². The predicted molar refractivity (Wildman–Crippen MR) is 61.6 cm³/mol. The predicted octanol–water partition coefficient (Wildman–Crippen LogP) is 2.01. The number of nitrogens with one attached hydrogen (secondary N) is 1. The minimum atomic E-state index is -0.467. The Hall–Kier alpha value is -1.13. The minimum absolute atomic E-state index is 0.0532. The Morgan fingerprint density at radius 1 is 1.62 bits per heavy atom. The van der Waals surface area contributed by atoms with Crippen LogP contribution in [0.3, 0.4) is 0 Å². The van der Waals surface area contributed by atoms with E-state index in [4.69, 9.17) is 17.3 Å². The lowest BCUT2D eigenvalue weighted by Crippen LogP contribution is -2.28. The average Bonchev–Trinajstić information content (AvgIpc) is 2.22. The molecule has 0 aliphatic rings. The van der Waals surface area contributed by atoms with Crippen LogP contribution in [0.2, 0.25) is 5.02 Å². The van der Waals surface area contributed by atoms with Gasteiger partial charge in [-0.25, -0.2) is 4.39 Å². The van der Waals surface area contributed by atoms with Gasteiger partial charge in [0.05, 0.1) is 11.1 Å². The minimum Gasteiger partial charge on any atom is -0.350 e. The third-order valence-corrected chi connectivity index (χ3v) is 2.48. The Morgan fingerprint density at radius 2 is 2.31 bits per heavy atom. The van der Waals surface area contributed by atoms with Crippen molar-refractivity contribution in [2.45, 2.75) is 19.4 Å². The SMILES string of the molecule is CC(NC(=O)CCN)c1ccc(F)c(Cl)c1. The third-order valence-electron chi connectivity index (χ3n) is 2.19. The van der Waals surface area contributed by atoms with Crippen molar-refractivity contribution in [3.63, 3.8) is 0 Å². The topological polar surface area (TPSA) is 55.1 Å². The maximum absolute atomic E-state index is 12.9. The second-order valence-electron chi connectivity index (χ2n) is 3.50. The van der Waals surface area contributed by atoms with Gasteiger partial charge in [-0.3, -0.25) is 4.79 Å². The summed E-state index contributed by atoms with van der Waals surface area (Å²) in [4.78, 5) is 11.3. The lowest BCUT2D eigenvalue weighted by atomic mass is 10.1. The smallest absolute Gasteiger partial charge is 0.221 e. The molecule has 3 N–H and O–H groups in total. The summed E-state index contributed by atoms with van der Waals surface area (Å²) in [5, 5.41) is 2.80. The summed E-state index contributed by atoms with van der Waals surface area (Å²) in [5.41, 5.74) is 6.02. The summed E-state index contributed by atoms with van der Waals surface area (Å²) in [6, 6.07) is 4.17. The van der Waals surface area contributed by atoms with E-state index < -0.39 is 5.82 Å². The Bertz CT molecular complexity index is 384. The molecule has 1 amide bonds. The molecular formula is C11H14ClFN2O. The summed E-state index contributed by atoms with van der Waals surface area (Å²) < 4.78 is 12.9. The summed E-state index contributed by atoms with van der Waals surface area (Å²) >= 11 is 5.65. The van der Waals surface area contributed by atoms with E-state index in [-0.39, 0.29) is 23.4 Å². The summed E-state index contributed by atoms with van der Waals surface area (Å²) in [7, 11) is 0. The van der Waals surface area contributed by atoms with Crippen LogP contribution in [0.1, 0.15) is 24.9 Å². The molecule has 1 aromatic rings. The molecule has 1 atom stereocenters. The highest BCUT2D eigenvalue weighted by Crippen LogP contribution is 2.20. The van der Waals surface area contributed by atoms with Gasteiger partial charge in [-0.15, -0.1) is 0 Å². The van der Waals surface area contributed by atoms with Crippen LogP contribution in [-0.4, -0.2) is 12.5 Å². The molecule has 0 saturated heterocycles. The molecule has 0 spiro atoms. The Balaban J connectivity index is 2.69.